The van der Waals surface area contributed by atoms with Crippen LogP contribution in [-0.2, 0) is 0 Å². The van der Waals surface area contributed by atoms with Gasteiger partial charge in [0, 0.05) is 18.6 Å². The number of hydrogen-bond donors (Lipinski definition) is 3. The standard InChI is InChI=1S/C12H25N3O2/c1-12(2,11(13)14-17)5-7-15-6-3-4-10(8-15)9-16/h10,16-17H,3-9H2,1-2H3,(H2,13,14). The Labute approximate surface area is 103 Å². The van der Waals surface area contributed by atoms with Crippen molar-refractivity contribution in [3.63, 3.8) is 0 Å². The van der Waals surface area contributed by atoms with Crippen LogP contribution in [-0.4, -0.2) is 47.3 Å². The first kappa shape index (κ1) is 14.3. The van der Waals surface area contributed by atoms with E-state index < -0.39 is 0 Å². The minimum atomic E-state index is -0.277. The molecule has 1 rings (SSSR count). The van der Waals surface area contributed by atoms with Crippen LogP contribution in [0.1, 0.15) is 33.1 Å². The number of piperidine rings is 1. The Hall–Kier alpha value is -0.810. The van der Waals surface area contributed by atoms with Crippen LogP contribution in [0.2, 0.25) is 0 Å². The van der Waals surface area contributed by atoms with Gasteiger partial charge in [0.15, 0.2) is 0 Å². The van der Waals surface area contributed by atoms with Gasteiger partial charge in [-0.1, -0.05) is 19.0 Å². The number of amidine groups is 1. The van der Waals surface area contributed by atoms with Crippen LogP contribution in [0.25, 0.3) is 0 Å². The molecule has 0 saturated carbocycles. The number of rotatable bonds is 5. The van der Waals surface area contributed by atoms with Crippen molar-refractivity contribution >= 4 is 5.84 Å². The number of hydrogen-bond acceptors (Lipinski definition) is 4. The molecule has 0 amide bonds. The first-order chi connectivity index (χ1) is 7.99. The van der Waals surface area contributed by atoms with Gasteiger partial charge >= 0.3 is 0 Å². The van der Waals surface area contributed by atoms with Gasteiger partial charge in [-0.2, -0.15) is 0 Å². The molecule has 1 fully saturated rings. The maximum atomic E-state index is 9.16. The summed E-state index contributed by atoms with van der Waals surface area (Å²) < 4.78 is 0. The molecule has 0 spiro atoms. The predicted octanol–water partition coefficient (Wildman–Crippen LogP) is 0.853. The number of nitrogens with two attached hydrogens (primary N) is 1. The number of nitrogens with zero attached hydrogens (tertiary/aromatic N) is 2. The molecule has 0 bridgehead atoms. The van der Waals surface area contributed by atoms with Crippen LogP contribution in [0.5, 0.6) is 0 Å². The van der Waals surface area contributed by atoms with E-state index in [1.165, 1.54) is 0 Å². The minimum Gasteiger partial charge on any atom is -0.409 e. The first-order valence-corrected chi connectivity index (χ1v) is 6.31. The molecule has 4 N–H and O–H groups in total. The molecular formula is C12H25N3O2. The van der Waals surface area contributed by atoms with Crippen LogP contribution in [0.4, 0.5) is 0 Å². The predicted molar refractivity (Wildman–Crippen MR) is 68.1 cm³/mol. The second-order valence-corrected chi connectivity index (χ2v) is 5.61. The lowest BCUT2D eigenvalue weighted by Crippen LogP contribution is -2.41. The van der Waals surface area contributed by atoms with E-state index in [1.807, 2.05) is 13.8 Å². The summed E-state index contributed by atoms with van der Waals surface area (Å²) in [5, 5.41) is 21.0. The lowest BCUT2D eigenvalue weighted by Gasteiger charge is -2.34. The van der Waals surface area contributed by atoms with Gasteiger partial charge < -0.3 is 20.9 Å². The summed E-state index contributed by atoms with van der Waals surface area (Å²) in [6.07, 6.45) is 3.13. The molecule has 1 aliphatic heterocycles. The van der Waals surface area contributed by atoms with E-state index in [0.717, 1.165) is 38.9 Å². The number of oxime groups is 1. The van der Waals surface area contributed by atoms with E-state index in [0.29, 0.717) is 5.92 Å². The topological polar surface area (TPSA) is 82.1 Å². The fourth-order valence-electron chi connectivity index (χ4n) is 2.20. The Morgan fingerprint density at radius 3 is 2.82 bits per heavy atom. The van der Waals surface area contributed by atoms with Crippen molar-refractivity contribution in [2.45, 2.75) is 33.1 Å². The lowest BCUT2D eigenvalue weighted by molar-refractivity contribution is 0.114. The molecule has 0 aromatic heterocycles. The van der Waals surface area contributed by atoms with E-state index in [2.05, 4.69) is 10.1 Å². The summed E-state index contributed by atoms with van der Waals surface area (Å²) in [4.78, 5) is 2.36. The zero-order valence-corrected chi connectivity index (χ0v) is 10.9. The molecule has 0 aromatic carbocycles. The molecule has 0 aromatic rings. The molecule has 1 atom stereocenters. The van der Waals surface area contributed by atoms with Gasteiger partial charge in [0.1, 0.15) is 5.84 Å². The quantitative estimate of drug-likeness (QED) is 0.289. The molecule has 0 aliphatic carbocycles. The second kappa shape index (κ2) is 6.21. The molecule has 100 valence electrons. The van der Waals surface area contributed by atoms with Crippen molar-refractivity contribution in [1.82, 2.24) is 4.90 Å². The Morgan fingerprint density at radius 2 is 2.24 bits per heavy atom. The molecule has 5 nitrogen and oxygen atoms in total. The van der Waals surface area contributed by atoms with E-state index in [9.17, 15) is 0 Å². The highest BCUT2D eigenvalue weighted by molar-refractivity contribution is 5.85. The van der Waals surface area contributed by atoms with Crippen LogP contribution < -0.4 is 5.73 Å². The summed E-state index contributed by atoms with van der Waals surface area (Å²) in [5.74, 6) is 0.698. The highest BCUT2D eigenvalue weighted by atomic mass is 16.4. The van der Waals surface area contributed by atoms with Crippen molar-refractivity contribution in [3.8, 4) is 0 Å². The van der Waals surface area contributed by atoms with E-state index in [4.69, 9.17) is 16.0 Å². The van der Waals surface area contributed by atoms with Gasteiger partial charge in [0.2, 0.25) is 0 Å². The molecule has 1 heterocycles. The van der Waals surface area contributed by atoms with Crippen molar-refractivity contribution in [1.29, 1.82) is 0 Å². The van der Waals surface area contributed by atoms with Crippen LogP contribution in [0, 0.1) is 11.3 Å². The smallest absolute Gasteiger partial charge is 0.144 e. The number of aliphatic hydroxyl groups is 1. The molecule has 1 aliphatic rings. The van der Waals surface area contributed by atoms with Gasteiger partial charge in [-0.05, 0) is 38.3 Å². The Balaban J connectivity index is 2.40. The summed E-state index contributed by atoms with van der Waals surface area (Å²) in [6, 6.07) is 0. The van der Waals surface area contributed by atoms with E-state index in [1.54, 1.807) is 0 Å². The number of likely N-dealkylation sites (tertiary alicyclic amines) is 1. The van der Waals surface area contributed by atoms with Crippen LogP contribution >= 0.6 is 0 Å². The highest BCUT2D eigenvalue weighted by Gasteiger charge is 2.26. The van der Waals surface area contributed by atoms with E-state index >= 15 is 0 Å². The largest absolute Gasteiger partial charge is 0.409 e. The van der Waals surface area contributed by atoms with Crippen LogP contribution in [0.3, 0.4) is 0 Å². The molecule has 5 heteroatoms. The minimum absolute atomic E-state index is 0.277. The Morgan fingerprint density at radius 1 is 1.53 bits per heavy atom. The molecule has 1 unspecified atom stereocenters. The Kier molecular flexibility index (Phi) is 5.21. The van der Waals surface area contributed by atoms with Gasteiger partial charge in [-0.15, -0.1) is 0 Å². The average molecular weight is 243 g/mol. The van der Waals surface area contributed by atoms with Crippen molar-refractivity contribution in [2.24, 2.45) is 22.2 Å². The van der Waals surface area contributed by atoms with Gasteiger partial charge in [-0.3, -0.25) is 0 Å². The fourth-order valence-corrected chi connectivity index (χ4v) is 2.20. The SMILES string of the molecule is CC(C)(CCN1CCCC(CO)C1)C(N)=NO. The molecule has 1 saturated heterocycles. The third kappa shape index (κ3) is 4.16. The third-order valence-corrected chi connectivity index (χ3v) is 3.72. The molecule has 17 heavy (non-hydrogen) atoms. The zero-order chi connectivity index (χ0) is 12.9. The van der Waals surface area contributed by atoms with Crippen LogP contribution in [0.15, 0.2) is 5.16 Å². The summed E-state index contributed by atoms with van der Waals surface area (Å²) >= 11 is 0. The van der Waals surface area contributed by atoms with E-state index in [-0.39, 0.29) is 17.9 Å². The molecular weight excluding hydrogens is 218 g/mol. The lowest BCUT2D eigenvalue weighted by atomic mass is 9.87. The van der Waals surface area contributed by atoms with Gasteiger partial charge in [0.05, 0.1) is 0 Å². The Bertz CT molecular complexity index is 266. The maximum absolute atomic E-state index is 9.16. The molecule has 0 radical (unpaired) electrons. The van der Waals surface area contributed by atoms with Crippen molar-refractivity contribution in [3.05, 3.63) is 0 Å². The summed E-state index contributed by atoms with van der Waals surface area (Å²) in [7, 11) is 0. The normalized spacial score (nSPS) is 23.9. The zero-order valence-electron chi connectivity index (χ0n) is 10.9. The summed E-state index contributed by atoms with van der Waals surface area (Å²) in [5.41, 5.74) is 5.38. The van der Waals surface area contributed by atoms with Crippen molar-refractivity contribution in [2.75, 3.05) is 26.2 Å². The first-order valence-electron chi connectivity index (χ1n) is 6.31. The second-order valence-electron chi connectivity index (χ2n) is 5.61. The maximum Gasteiger partial charge on any atom is 0.144 e. The number of aliphatic hydroxyl groups excluding tert-OH is 1. The summed E-state index contributed by atoms with van der Waals surface area (Å²) in [6.45, 7) is 7.22. The van der Waals surface area contributed by atoms with Gasteiger partial charge in [0.25, 0.3) is 0 Å². The van der Waals surface area contributed by atoms with Gasteiger partial charge in [-0.25, -0.2) is 0 Å². The average Bonchev–Trinajstić information content (AvgIpc) is 2.35. The van der Waals surface area contributed by atoms with Crippen molar-refractivity contribution < 1.29 is 10.3 Å². The highest BCUT2D eigenvalue weighted by Crippen LogP contribution is 2.23. The third-order valence-electron chi connectivity index (χ3n) is 3.72. The monoisotopic (exact) mass is 243 g/mol. The fraction of sp³-hybridized carbons (Fsp3) is 0.917.